The van der Waals surface area contributed by atoms with Crippen molar-refractivity contribution in [2.45, 2.75) is 39.8 Å². The van der Waals surface area contributed by atoms with Crippen LogP contribution in [-0.4, -0.2) is 32.1 Å². The highest BCUT2D eigenvalue weighted by Gasteiger charge is 2.11. The predicted molar refractivity (Wildman–Crippen MR) is 94.1 cm³/mol. The van der Waals surface area contributed by atoms with Crippen LogP contribution in [-0.2, 0) is 13.0 Å². The van der Waals surface area contributed by atoms with E-state index >= 15 is 0 Å². The SMILES string of the molecule is CCn1ncc2ccc(NC(=O)NC(C)Cc3cc(C)[nH]n3)cc21. The van der Waals surface area contributed by atoms with Crippen LogP contribution in [0.3, 0.4) is 0 Å². The molecule has 126 valence electrons. The first-order chi connectivity index (χ1) is 11.5. The Hall–Kier alpha value is -2.83. The fourth-order valence-electron chi connectivity index (χ4n) is 2.73. The number of amides is 2. The number of urea groups is 1. The van der Waals surface area contributed by atoms with Gasteiger partial charge >= 0.3 is 6.03 Å². The number of benzene rings is 1. The quantitative estimate of drug-likeness (QED) is 0.673. The Morgan fingerprint density at radius 3 is 2.92 bits per heavy atom. The van der Waals surface area contributed by atoms with Crippen LogP contribution >= 0.6 is 0 Å². The monoisotopic (exact) mass is 326 g/mol. The first-order valence-electron chi connectivity index (χ1n) is 8.09. The van der Waals surface area contributed by atoms with Crippen LogP contribution in [0.25, 0.3) is 10.9 Å². The van der Waals surface area contributed by atoms with Gasteiger partial charge in [0.1, 0.15) is 0 Å². The van der Waals surface area contributed by atoms with Gasteiger partial charge in [0, 0.05) is 35.8 Å². The van der Waals surface area contributed by atoms with Crippen LogP contribution in [0.15, 0.2) is 30.5 Å². The largest absolute Gasteiger partial charge is 0.335 e. The molecule has 0 radical (unpaired) electrons. The average Bonchev–Trinajstić information content (AvgIpc) is 3.12. The van der Waals surface area contributed by atoms with E-state index in [0.717, 1.165) is 34.5 Å². The summed E-state index contributed by atoms with van der Waals surface area (Å²) in [4.78, 5) is 12.2. The van der Waals surface area contributed by atoms with E-state index in [-0.39, 0.29) is 12.1 Å². The van der Waals surface area contributed by atoms with Crippen molar-refractivity contribution in [1.29, 1.82) is 0 Å². The second kappa shape index (κ2) is 6.74. The van der Waals surface area contributed by atoms with Gasteiger partial charge in [-0.1, -0.05) is 0 Å². The molecule has 2 amide bonds. The van der Waals surface area contributed by atoms with E-state index in [1.165, 1.54) is 0 Å². The highest BCUT2D eigenvalue weighted by Crippen LogP contribution is 2.19. The third kappa shape index (κ3) is 3.56. The van der Waals surface area contributed by atoms with Gasteiger partial charge in [-0.2, -0.15) is 10.2 Å². The van der Waals surface area contributed by atoms with Crippen molar-refractivity contribution >= 4 is 22.6 Å². The van der Waals surface area contributed by atoms with Gasteiger partial charge in [0.15, 0.2) is 0 Å². The Balaban J connectivity index is 1.61. The van der Waals surface area contributed by atoms with Crippen LogP contribution in [0.1, 0.15) is 25.2 Å². The summed E-state index contributed by atoms with van der Waals surface area (Å²) in [5.41, 5.74) is 3.71. The van der Waals surface area contributed by atoms with Crippen molar-refractivity contribution in [3.63, 3.8) is 0 Å². The van der Waals surface area contributed by atoms with Crippen molar-refractivity contribution in [2.24, 2.45) is 0 Å². The lowest BCUT2D eigenvalue weighted by atomic mass is 10.2. The number of anilines is 1. The number of aryl methyl sites for hydroxylation is 2. The lowest BCUT2D eigenvalue weighted by Gasteiger charge is -2.13. The molecule has 0 aliphatic carbocycles. The molecular formula is C17H22N6O. The summed E-state index contributed by atoms with van der Waals surface area (Å²) in [6.07, 6.45) is 2.51. The van der Waals surface area contributed by atoms with Crippen molar-refractivity contribution in [1.82, 2.24) is 25.3 Å². The number of aromatic amines is 1. The van der Waals surface area contributed by atoms with Gasteiger partial charge in [0.05, 0.1) is 17.4 Å². The van der Waals surface area contributed by atoms with E-state index in [1.807, 2.05) is 55.9 Å². The molecule has 7 heteroatoms. The molecule has 24 heavy (non-hydrogen) atoms. The Morgan fingerprint density at radius 2 is 2.21 bits per heavy atom. The summed E-state index contributed by atoms with van der Waals surface area (Å²) in [5.74, 6) is 0. The number of nitrogens with one attached hydrogen (secondary N) is 3. The Labute approximate surface area is 140 Å². The molecular weight excluding hydrogens is 304 g/mol. The summed E-state index contributed by atoms with van der Waals surface area (Å²) in [5, 5.41) is 18.3. The normalized spacial score (nSPS) is 12.3. The number of rotatable bonds is 5. The molecule has 0 aliphatic heterocycles. The number of H-pyrrole nitrogens is 1. The molecule has 0 bridgehead atoms. The Kier molecular flexibility index (Phi) is 4.50. The number of hydrogen-bond acceptors (Lipinski definition) is 3. The molecule has 1 unspecified atom stereocenters. The molecule has 0 spiro atoms. The van der Waals surface area contributed by atoms with Crippen molar-refractivity contribution in [3.05, 3.63) is 41.9 Å². The van der Waals surface area contributed by atoms with Gasteiger partial charge in [-0.25, -0.2) is 4.79 Å². The maximum Gasteiger partial charge on any atom is 0.319 e. The molecule has 1 atom stereocenters. The molecule has 3 rings (SSSR count). The molecule has 0 saturated carbocycles. The van der Waals surface area contributed by atoms with E-state index < -0.39 is 0 Å². The van der Waals surface area contributed by atoms with Gasteiger partial charge in [-0.3, -0.25) is 9.78 Å². The fraction of sp³-hybridized carbons (Fsp3) is 0.353. The standard InChI is InChI=1S/C17H22N6O/c1-4-23-16-9-14(6-5-13(16)10-18-23)20-17(24)19-11(2)7-15-8-12(3)21-22-15/h5-6,8-11H,4,7H2,1-3H3,(H,21,22)(H2,19,20,24). The van der Waals surface area contributed by atoms with E-state index in [4.69, 9.17) is 0 Å². The predicted octanol–water partition coefficient (Wildman–Crippen LogP) is 2.84. The summed E-state index contributed by atoms with van der Waals surface area (Å²) in [6, 6.07) is 7.52. The molecule has 0 fully saturated rings. The second-order valence-corrected chi connectivity index (χ2v) is 5.98. The Morgan fingerprint density at radius 1 is 1.38 bits per heavy atom. The highest BCUT2D eigenvalue weighted by molar-refractivity contribution is 5.92. The van der Waals surface area contributed by atoms with Gasteiger partial charge in [0.25, 0.3) is 0 Å². The zero-order valence-electron chi connectivity index (χ0n) is 14.1. The maximum atomic E-state index is 12.2. The minimum atomic E-state index is -0.225. The molecule has 3 N–H and O–H groups in total. The summed E-state index contributed by atoms with van der Waals surface area (Å²) in [6.45, 7) is 6.74. The van der Waals surface area contributed by atoms with Gasteiger partial charge in [-0.05, 0) is 45.0 Å². The Bertz CT molecular complexity index is 850. The van der Waals surface area contributed by atoms with E-state index in [1.54, 1.807) is 0 Å². The molecule has 7 nitrogen and oxygen atoms in total. The fourth-order valence-corrected chi connectivity index (χ4v) is 2.73. The number of fused-ring (bicyclic) bond motifs is 1. The lowest BCUT2D eigenvalue weighted by Crippen LogP contribution is -2.37. The summed E-state index contributed by atoms with van der Waals surface area (Å²) < 4.78 is 1.90. The molecule has 2 aromatic heterocycles. The first kappa shape index (κ1) is 16.0. The molecule has 0 saturated heterocycles. The van der Waals surface area contributed by atoms with Crippen molar-refractivity contribution in [2.75, 3.05) is 5.32 Å². The van der Waals surface area contributed by atoms with Crippen LogP contribution in [0.5, 0.6) is 0 Å². The third-order valence-corrected chi connectivity index (χ3v) is 3.85. The molecule has 2 heterocycles. The van der Waals surface area contributed by atoms with E-state index in [2.05, 4.69) is 25.9 Å². The van der Waals surface area contributed by atoms with Crippen molar-refractivity contribution < 1.29 is 4.79 Å². The lowest BCUT2D eigenvalue weighted by molar-refractivity contribution is 0.249. The van der Waals surface area contributed by atoms with Crippen LogP contribution < -0.4 is 10.6 Å². The highest BCUT2D eigenvalue weighted by atomic mass is 16.2. The van der Waals surface area contributed by atoms with Gasteiger partial charge < -0.3 is 10.6 Å². The minimum absolute atomic E-state index is 0.0161. The first-order valence-corrected chi connectivity index (χ1v) is 8.09. The number of carbonyl (C=O) groups excluding carboxylic acids is 1. The average molecular weight is 326 g/mol. The maximum absolute atomic E-state index is 12.2. The van der Waals surface area contributed by atoms with Crippen LogP contribution in [0.4, 0.5) is 10.5 Å². The third-order valence-electron chi connectivity index (χ3n) is 3.85. The zero-order valence-corrected chi connectivity index (χ0v) is 14.1. The minimum Gasteiger partial charge on any atom is -0.335 e. The zero-order chi connectivity index (χ0) is 17.1. The van der Waals surface area contributed by atoms with Crippen molar-refractivity contribution in [3.8, 4) is 0 Å². The van der Waals surface area contributed by atoms with Gasteiger partial charge in [-0.15, -0.1) is 0 Å². The number of nitrogens with zero attached hydrogens (tertiary/aromatic N) is 3. The molecule has 0 aliphatic rings. The topological polar surface area (TPSA) is 87.6 Å². The number of hydrogen-bond donors (Lipinski definition) is 3. The van der Waals surface area contributed by atoms with Crippen LogP contribution in [0, 0.1) is 6.92 Å². The summed E-state index contributed by atoms with van der Waals surface area (Å²) in [7, 11) is 0. The smallest absolute Gasteiger partial charge is 0.319 e. The van der Waals surface area contributed by atoms with Gasteiger partial charge in [0.2, 0.25) is 0 Å². The second-order valence-electron chi connectivity index (χ2n) is 5.98. The molecule has 3 aromatic rings. The number of aromatic nitrogens is 4. The van der Waals surface area contributed by atoms with Crippen LogP contribution in [0.2, 0.25) is 0 Å². The molecule has 1 aromatic carbocycles. The van der Waals surface area contributed by atoms with E-state index in [0.29, 0.717) is 6.42 Å². The van der Waals surface area contributed by atoms with E-state index in [9.17, 15) is 4.79 Å². The number of carbonyl (C=O) groups is 1. The summed E-state index contributed by atoms with van der Waals surface area (Å²) >= 11 is 0.